The van der Waals surface area contributed by atoms with E-state index in [-0.39, 0.29) is 18.2 Å². The average molecular weight is 379 g/mol. The van der Waals surface area contributed by atoms with Gasteiger partial charge < -0.3 is 9.25 Å². The molecule has 0 aliphatic rings. The van der Waals surface area contributed by atoms with Crippen LogP contribution in [0.4, 0.5) is 0 Å². The number of benzene rings is 1. The summed E-state index contributed by atoms with van der Waals surface area (Å²) in [5.74, 6) is 0.574. The molecule has 0 bridgehead atoms. The van der Waals surface area contributed by atoms with Crippen LogP contribution in [0.3, 0.4) is 0 Å². The molecule has 0 aliphatic heterocycles. The van der Waals surface area contributed by atoms with E-state index in [2.05, 4.69) is 37.9 Å². The van der Waals surface area contributed by atoms with Gasteiger partial charge in [-0.2, -0.15) is 10.5 Å². The van der Waals surface area contributed by atoms with Crippen molar-refractivity contribution < 1.29 is 9.25 Å². The average Bonchev–Trinajstić information content (AvgIpc) is 2.92. The summed E-state index contributed by atoms with van der Waals surface area (Å²) in [7, 11) is 0. The maximum absolute atomic E-state index is 8.47. The zero-order valence-electron chi connectivity index (χ0n) is 9.95. The van der Waals surface area contributed by atoms with Gasteiger partial charge in [0.25, 0.3) is 11.6 Å². The first-order chi connectivity index (χ1) is 9.72. The van der Waals surface area contributed by atoms with E-state index < -0.39 is 0 Å². The fourth-order valence-corrected chi connectivity index (χ4v) is 1.81. The molecule has 0 unspecified atom stereocenters. The molecular formula is C12H6IN5O2. The number of aromatic nitrogens is 2. The number of oxime groups is 1. The van der Waals surface area contributed by atoms with E-state index in [0.29, 0.717) is 5.89 Å². The van der Waals surface area contributed by atoms with Crippen LogP contribution >= 0.6 is 22.6 Å². The maximum atomic E-state index is 8.47. The number of hydrogen-bond donors (Lipinski definition) is 0. The van der Waals surface area contributed by atoms with Crippen molar-refractivity contribution in [2.45, 2.75) is 6.61 Å². The second kappa shape index (κ2) is 6.63. The van der Waals surface area contributed by atoms with Gasteiger partial charge in [-0.3, -0.25) is 0 Å². The van der Waals surface area contributed by atoms with Crippen molar-refractivity contribution in [2.75, 3.05) is 0 Å². The van der Waals surface area contributed by atoms with Crippen LogP contribution in [0.25, 0.3) is 11.5 Å². The molecule has 1 aromatic heterocycles. The Bertz CT molecular complexity index is 710. The lowest BCUT2D eigenvalue weighted by molar-refractivity contribution is 0.112. The molecule has 20 heavy (non-hydrogen) atoms. The Morgan fingerprint density at radius 3 is 2.85 bits per heavy atom. The summed E-state index contributed by atoms with van der Waals surface area (Å²) in [4.78, 5) is 4.78. The molecule has 0 spiro atoms. The third kappa shape index (κ3) is 3.52. The Hall–Kier alpha value is -2.46. The van der Waals surface area contributed by atoms with E-state index in [0.717, 1.165) is 9.13 Å². The lowest BCUT2D eigenvalue weighted by Gasteiger charge is -1.95. The van der Waals surface area contributed by atoms with Crippen molar-refractivity contribution in [3.05, 3.63) is 33.7 Å². The number of nitriles is 2. The second-order valence-electron chi connectivity index (χ2n) is 3.45. The fraction of sp³-hybridized carbons (Fsp3) is 0.0833. The number of nitrogens with zero attached hydrogens (tertiary/aromatic N) is 5. The lowest BCUT2D eigenvalue weighted by atomic mass is 10.2. The second-order valence-corrected chi connectivity index (χ2v) is 4.69. The molecule has 98 valence electrons. The van der Waals surface area contributed by atoms with E-state index in [1.807, 2.05) is 24.3 Å². The third-order valence-electron chi connectivity index (χ3n) is 2.09. The minimum absolute atomic E-state index is 0.107. The highest BCUT2D eigenvalue weighted by atomic mass is 127. The van der Waals surface area contributed by atoms with Gasteiger partial charge in [0, 0.05) is 9.13 Å². The summed E-state index contributed by atoms with van der Waals surface area (Å²) in [6.45, 7) is -0.107. The van der Waals surface area contributed by atoms with Crippen molar-refractivity contribution >= 4 is 28.3 Å². The topological polar surface area (TPSA) is 108 Å². The highest BCUT2D eigenvalue weighted by Gasteiger charge is 2.09. The summed E-state index contributed by atoms with van der Waals surface area (Å²) < 4.78 is 6.44. The quantitative estimate of drug-likeness (QED) is 0.458. The van der Waals surface area contributed by atoms with Crippen molar-refractivity contribution in [1.29, 1.82) is 10.5 Å². The molecule has 0 saturated heterocycles. The summed E-state index contributed by atoms with van der Waals surface area (Å²) in [6.07, 6.45) is 0. The summed E-state index contributed by atoms with van der Waals surface area (Å²) in [6, 6.07) is 10.7. The van der Waals surface area contributed by atoms with Gasteiger partial charge in [0.05, 0.1) is 0 Å². The molecule has 0 fully saturated rings. The van der Waals surface area contributed by atoms with Gasteiger partial charge in [-0.25, -0.2) is 0 Å². The smallest absolute Gasteiger partial charge is 0.257 e. The van der Waals surface area contributed by atoms with Crippen molar-refractivity contribution in [3.63, 3.8) is 0 Å². The van der Waals surface area contributed by atoms with Crippen LogP contribution in [0.1, 0.15) is 5.89 Å². The molecule has 0 saturated carbocycles. The minimum atomic E-state index is -0.373. The fourth-order valence-electron chi connectivity index (χ4n) is 1.27. The molecule has 1 aromatic carbocycles. The van der Waals surface area contributed by atoms with E-state index in [4.69, 9.17) is 19.8 Å². The SMILES string of the molecule is N#CC(C#N)=NOCc1nnc(-c2cccc(I)c2)o1. The first-order valence-electron chi connectivity index (χ1n) is 5.31. The van der Waals surface area contributed by atoms with Crippen LogP contribution in [-0.4, -0.2) is 15.9 Å². The maximum Gasteiger partial charge on any atom is 0.257 e. The Labute approximate surface area is 127 Å². The molecule has 0 N–H and O–H groups in total. The van der Waals surface area contributed by atoms with Gasteiger partial charge in [-0.05, 0) is 40.8 Å². The Balaban J connectivity index is 2.05. The molecule has 0 amide bonds. The summed E-state index contributed by atoms with van der Waals surface area (Å²) >= 11 is 2.18. The van der Waals surface area contributed by atoms with E-state index in [1.165, 1.54) is 0 Å². The number of rotatable bonds is 4. The molecule has 0 radical (unpaired) electrons. The van der Waals surface area contributed by atoms with Crippen LogP contribution < -0.4 is 0 Å². The van der Waals surface area contributed by atoms with Crippen LogP contribution in [-0.2, 0) is 11.4 Å². The van der Waals surface area contributed by atoms with E-state index >= 15 is 0 Å². The van der Waals surface area contributed by atoms with Gasteiger partial charge in [0.1, 0.15) is 12.1 Å². The van der Waals surface area contributed by atoms with Crippen LogP contribution in [0.15, 0.2) is 33.8 Å². The summed E-state index contributed by atoms with van der Waals surface area (Å²) in [5.41, 5.74) is 0.427. The monoisotopic (exact) mass is 379 g/mol. The first kappa shape index (κ1) is 14.0. The van der Waals surface area contributed by atoms with E-state index in [1.54, 1.807) is 12.1 Å². The minimum Gasteiger partial charge on any atom is -0.417 e. The van der Waals surface area contributed by atoms with Gasteiger partial charge in [0.2, 0.25) is 5.89 Å². The predicted octanol–water partition coefficient (Wildman–Crippen LogP) is 2.26. The summed E-state index contributed by atoms with van der Waals surface area (Å²) in [5, 5.41) is 27.9. The molecule has 8 heteroatoms. The van der Waals surface area contributed by atoms with Gasteiger partial charge in [-0.15, -0.1) is 10.2 Å². The largest absolute Gasteiger partial charge is 0.417 e. The van der Waals surface area contributed by atoms with Crippen molar-refractivity contribution in [3.8, 4) is 23.6 Å². The van der Waals surface area contributed by atoms with Crippen molar-refractivity contribution in [1.82, 2.24) is 10.2 Å². The molecule has 2 aromatic rings. The Kier molecular flexibility index (Phi) is 4.63. The van der Waals surface area contributed by atoms with Gasteiger partial charge in [0.15, 0.2) is 6.61 Å². The highest BCUT2D eigenvalue weighted by Crippen LogP contribution is 2.20. The Morgan fingerprint density at radius 2 is 2.15 bits per heavy atom. The molecular weight excluding hydrogens is 373 g/mol. The molecule has 0 aliphatic carbocycles. The Morgan fingerprint density at radius 1 is 1.35 bits per heavy atom. The predicted molar refractivity (Wildman–Crippen MR) is 75.9 cm³/mol. The van der Waals surface area contributed by atoms with Crippen LogP contribution in [0.5, 0.6) is 0 Å². The van der Waals surface area contributed by atoms with Crippen LogP contribution in [0, 0.1) is 26.2 Å². The van der Waals surface area contributed by atoms with Crippen molar-refractivity contribution in [2.24, 2.45) is 5.16 Å². The third-order valence-corrected chi connectivity index (χ3v) is 2.77. The van der Waals surface area contributed by atoms with Gasteiger partial charge >= 0.3 is 0 Å². The van der Waals surface area contributed by atoms with Crippen LogP contribution in [0.2, 0.25) is 0 Å². The molecule has 0 atom stereocenters. The van der Waals surface area contributed by atoms with Gasteiger partial charge in [-0.1, -0.05) is 11.2 Å². The number of hydrogen-bond acceptors (Lipinski definition) is 7. The van der Waals surface area contributed by atoms with E-state index in [9.17, 15) is 0 Å². The first-order valence-corrected chi connectivity index (χ1v) is 6.39. The number of halogens is 1. The highest BCUT2D eigenvalue weighted by molar-refractivity contribution is 14.1. The lowest BCUT2D eigenvalue weighted by Crippen LogP contribution is -1.93. The standard InChI is InChI=1S/C12H6IN5O2/c13-9-3-1-2-8(4-9)12-17-16-11(20-12)7-19-18-10(5-14)6-15/h1-4H,7H2. The molecule has 7 nitrogen and oxygen atoms in total. The molecule has 1 heterocycles. The zero-order valence-corrected chi connectivity index (χ0v) is 12.1. The normalized spacial score (nSPS) is 9.35. The zero-order chi connectivity index (χ0) is 14.4. The molecule has 2 rings (SSSR count).